The van der Waals surface area contributed by atoms with Crippen LogP contribution in [0.25, 0.3) is 0 Å². The topological polar surface area (TPSA) is 76.0 Å². The van der Waals surface area contributed by atoms with Crippen molar-refractivity contribution in [1.82, 2.24) is 14.9 Å². The minimum absolute atomic E-state index is 0.121. The summed E-state index contributed by atoms with van der Waals surface area (Å²) >= 11 is 6.01. The number of nitrogens with zero attached hydrogens (tertiary/aromatic N) is 2. The molecule has 0 saturated heterocycles. The summed E-state index contributed by atoms with van der Waals surface area (Å²) in [6.45, 7) is 4.45. The van der Waals surface area contributed by atoms with Crippen molar-refractivity contribution in [1.29, 1.82) is 0 Å². The predicted octanol–water partition coefficient (Wildman–Crippen LogP) is 2.59. The molecule has 2 aromatic rings. The number of anilines is 1. The molecule has 0 fully saturated rings. The second kappa shape index (κ2) is 7.78. The van der Waals surface area contributed by atoms with Gasteiger partial charge in [-0.3, -0.25) is 9.36 Å². The van der Waals surface area contributed by atoms with Crippen molar-refractivity contribution in [3.63, 3.8) is 0 Å². The molecule has 1 aromatic carbocycles. The molecule has 0 saturated carbocycles. The fourth-order valence-electron chi connectivity index (χ4n) is 2.02. The molecule has 1 heterocycles. The van der Waals surface area contributed by atoms with E-state index < -0.39 is 0 Å². The second-order valence-corrected chi connectivity index (χ2v) is 5.47. The highest BCUT2D eigenvalue weighted by molar-refractivity contribution is 6.31. The molecule has 23 heavy (non-hydrogen) atoms. The van der Waals surface area contributed by atoms with Crippen molar-refractivity contribution < 1.29 is 4.79 Å². The number of rotatable bonds is 5. The van der Waals surface area contributed by atoms with Gasteiger partial charge >= 0.3 is 6.03 Å². The Labute approximate surface area is 139 Å². The van der Waals surface area contributed by atoms with Gasteiger partial charge in [0.05, 0.1) is 6.33 Å². The Bertz CT molecular complexity index is 758. The Morgan fingerprint density at radius 2 is 2.17 bits per heavy atom. The number of urea groups is 1. The van der Waals surface area contributed by atoms with Crippen LogP contribution in [0.4, 0.5) is 10.5 Å². The average molecular weight is 335 g/mol. The van der Waals surface area contributed by atoms with Crippen molar-refractivity contribution in [2.75, 3.05) is 11.9 Å². The molecule has 122 valence electrons. The molecule has 1 aromatic heterocycles. The van der Waals surface area contributed by atoms with Gasteiger partial charge in [0.2, 0.25) is 0 Å². The first kappa shape index (κ1) is 17.0. The van der Waals surface area contributed by atoms with E-state index in [1.54, 1.807) is 18.2 Å². The van der Waals surface area contributed by atoms with E-state index in [-0.39, 0.29) is 11.6 Å². The zero-order valence-electron chi connectivity index (χ0n) is 13.1. The van der Waals surface area contributed by atoms with Crippen LogP contribution < -0.4 is 16.2 Å². The summed E-state index contributed by atoms with van der Waals surface area (Å²) in [4.78, 5) is 27.9. The lowest BCUT2D eigenvalue weighted by Gasteiger charge is -2.11. The number of aromatic nitrogens is 2. The fourth-order valence-corrected chi connectivity index (χ4v) is 2.20. The lowest BCUT2D eigenvalue weighted by molar-refractivity contribution is 0.251. The summed E-state index contributed by atoms with van der Waals surface area (Å²) in [5, 5.41) is 6.03. The van der Waals surface area contributed by atoms with Gasteiger partial charge in [-0.15, -0.1) is 0 Å². The Kier molecular flexibility index (Phi) is 5.76. The molecule has 0 bridgehead atoms. The maximum atomic E-state index is 11.9. The quantitative estimate of drug-likeness (QED) is 0.882. The Balaban J connectivity index is 1.88. The number of nitrogens with one attached hydrogen (secondary N) is 2. The van der Waals surface area contributed by atoms with Crippen molar-refractivity contribution in [2.45, 2.75) is 26.8 Å². The van der Waals surface area contributed by atoms with Crippen molar-refractivity contribution >= 4 is 23.3 Å². The summed E-state index contributed by atoms with van der Waals surface area (Å²) in [6, 6.07) is 6.47. The van der Waals surface area contributed by atoms with Crippen molar-refractivity contribution in [3.05, 3.63) is 57.2 Å². The molecule has 0 atom stereocenters. The summed E-state index contributed by atoms with van der Waals surface area (Å²) in [5.41, 5.74) is 2.10. The molecule has 0 radical (unpaired) electrons. The van der Waals surface area contributed by atoms with Crippen LogP contribution in [0.5, 0.6) is 0 Å². The van der Waals surface area contributed by atoms with Crippen LogP contribution >= 0.6 is 11.6 Å². The number of carbonyl (C=O) groups excluding carboxylic acids is 1. The summed E-state index contributed by atoms with van der Waals surface area (Å²) in [7, 11) is 0. The number of aryl methyl sites for hydroxylation is 1. The number of hydrogen-bond acceptors (Lipinski definition) is 3. The minimum Gasteiger partial charge on any atom is -0.336 e. The number of carbonyl (C=O) groups is 1. The van der Waals surface area contributed by atoms with Gasteiger partial charge in [0, 0.05) is 35.6 Å². The molecule has 0 aliphatic carbocycles. The van der Waals surface area contributed by atoms with Crippen LogP contribution in [-0.2, 0) is 13.0 Å². The SMILES string of the molecule is CCc1cc(=O)n(CCNC(=O)Nc2cccc(Cl)c2C)cn1. The highest BCUT2D eigenvalue weighted by Gasteiger charge is 2.06. The highest BCUT2D eigenvalue weighted by atomic mass is 35.5. The predicted molar refractivity (Wildman–Crippen MR) is 91.1 cm³/mol. The van der Waals surface area contributed by atoms with Crippen LogP contribution in [0, 0.1) is 6.92 Å². The van der Waals surface area contributed by atoms with Gasteiger partial charge in [0.1, 0.15) is 0 Å². The second-order valence-electron chi connectivity index (χ2n) is 5.06. The van der Waals surface area contributed by atoms with Gasteiger partial charge in [-0.25, -0.2) is 9.78 Å². The first-order chi connectivity index (χ1) is 11.0. The van der Waals surface area contributed by atoms with Crippen LogP contribution in [0.3, 0.4) is 0 Å². The Morgan fingerprint density at radius 3 is 2.87 bits per heavy atom. The largest absolute Gasteiger partial charge is 0.336 e. The summed E-state index contributed by atoms with van der Waals surface area (Å²) < 4.78 is 1.46. The smallest absolute Gasteiger partial charge is 0.319 e. The molecule has 2 rings (SSSR count). The fraction of sp³-hybridized carbons (Fsp3) is 0.312. The molecule has 0 aliphatic rings. The van der Waals surface area contributed by atoms with Gasteiger partial charge in [-0.2, -0.15) is 0 Å². The Morgan fingerprint density at radius 1 is 1.39 bits per heavy atom. The van der Waals surface area contributed by atoms with Gasteiger partial charge in [-0.1, -0.05) is 24.6 Å². The van der Waals surface area contributed by atoms with E-state index in [1.165, 1.54) is 17.0 Å². The highest BCUT2D eigenvalue weighted by Crippen LogP contribution is 2.22. The first-order valence-corrected chi connectivity index (χ1v) is 7.74. The minimum atomic E-state index is -0.346. The Hall–Kier alpha value is -2.34. The van der Waals surface area contributed by atoms with E-state index in [1.807, 2.05) is 13.8 Å². The number of amides is 2. The van der Waals surface area contributed by atoms with Gasteiger partial charge in [0.25, 0.3) is 5.56 Å². The normalized spacial score (nSPS) is 10.4. The van der Waals surface area contributed by atoms with E-state index in [4.69, 9.17) is 11.6 Å². The van der Waals surface area contributed by atoms with Crippen LogP contribution in [0.1, 0.15) is 18.2 Å². The lowest BCUT2D eigenvalue weighted by Crippen LogP contribution is -2.34. The summed E-state index contributed by atoms with van der Waals surface area (Å²) in [6.07, 6.45) is 2.22. The zero-order chi connectivity index (χ0) is 16.8. The van der Waals surface area contributed by atoms with Gasteiger partial charge in [0.15, 0.2) is 0 Å². The molecule has 0 spiro atoms. The molecular weight excluding hydrogens is 316 g/mol. The number of halogens is 1. The van der Waals surface area contributed by atoms with E-state index in [0.717, 1.165) is 17.7 Å². The van der Waals surface area contributed by atoms with Crippen LogP contribution in [-0.4, -0.2) is 22.1 Å². The van der Waals surface area contributed by atoms with Crippen LogP contribution in [0.15, 0.2) is 35.4 Å². The maximum Gasteiger partial charge on any atom is 0.319 e. The maximum absolute atomic E-state index is 11.9. The monoisotopic (exact) mass is 334 g/mol. The van der Waals surface area contributed by atoms with Gasteiger partial charge in [-0.05, 0) is 31.0 Å². The standard InChI is InChI=1S/C16H19ClN4O2/c1-3-12-9-15(22)21(10-19-12)8-7-18-16(23)20-14-6-4-5-13(17)11(14)2/h4-6,9-10H,3,7-8H2,1-2H3,(H2,18,20,23). The molecule has 2 N–H and O–H groups in total. The number of hydrogen-bond donors (Lipinski definition) is 2. The van der Waals surface area contributed by atoms with E-state index in [0.29, 0.717) is 23.8 Å². The molecule has 6 nitrogen and oxygen atoms in total. The van der Waals surface area contributed by atoms with Crippen molar-refractivity contribution in [3.8, 4) is 0 Å². The molecule has 2 amide bonds. The van der Waals surface area contributed by atoms with E-state index in [2.05, 4.69) is 15.6 Å². The van der Waals surface area contributed by atoms with Crippen LogP contribution in [0.2, 0.25) is 5.02 Å². The zero-order valence-corrected chi connectivity index (χ0v) is 13.9. The van der Waals surface area contributed by atoms with Gasteiger partial charge < -0.3 is 10.6 Å². The number of benzene rings is 1. The molecular formula is C16H19ClN4O2. The third-order valence-electron chi connectivity index (χ3n) is 3.45. The lowest BCUT2D eigenvalue weighted by atomic mass is 10.2. The van der Waals surface area contributed by atoms with Crippen molar-refractivity contribution in [2.24, 2.45) is 0 Å². The average Bonchev–Trinajstić information content (AvgIpc) is 2.53. The third-order valence-corrected chi connectivity index (χ3v) is 3.86. The molecule has 0 aliphatic heterocycles. The molecule has 7 heteroatoms. The molecule has 0 unspecified atom stereocenters. The summed E-state index contributed by atoms with van der Waals surface area (Å²) in [5.74, 6) is 0. The van der Waals surface area contributed by atoms with E-state index >= 15 is 0 Å². The third kappa shape index (κ3) is 4.56. The van der Waals surface area contributed by atoms with E-state index in [9.17, 15) is 9.59 Å². The first-order valence-electron chi connectivity index (χ1n) is 7.36.